The number of nitrogens with zero attached hydrogens (tertiary/aromatic N) is 5. The summed E-state index contributed by atoms with van der Waals surface area (Å²) in [6.07, 6.45) is 0.384. The molecule has 0 saturated carbocycles. The minimum atomic E-state index is -1.66. The van der Waals surface area contributed by atoms with E-state index in [0.717, 1.165) is 16.9 Å². The zero-order valence-corrected chi connectivity index (χ0v) is 59.7. The number of Topliss-reactive ketones (excluding diaryl/α,β-unsaturated/α-hetero) is 3. The normalized spacial score (nSPS) is 27.3. The van der Waals surface area contributed by atoms with Gasteiger partial charge in [-0.3, -0.25) is 62.3 Å². The molecule has 0 aromatic heterocycles. The number of likely N-dealkylation sites (tertiary alicyclic amines) is 1. The van der Waals surface area contributed by atoms with Gasteiger partial charge < -0.3 is 56.2 Å². The summed E-state index contributed by atoms with van der Waals surface area (Å²) in [5, 5.41) is 25.2. The van der Waals surface area contributed by atoms with Crippen molar-refractivity contribution in [1.29, 1.82) is 0 Å². The molecule has 2 aromatic rings. The van der Waals surface area contributed by atoms with Gasteiger partial charge in [-0.15, -0.1) is 0 Å². The van der Waals surface area contributed by atoms with Crippen LogP contribution in [0.4, 0.5) is 0 Å². The molecule has 3 fully saturated rings. The van der Waals surface area contributed by atoms with Crippen LogP contribution < -0.4 is 26.6 Å². The van der Waals surface area contributed by atoms with Crippen LogP contribution in [0.15, 0.2) is 60.7 Å². The van der Waals surface area contributed by atoms with Crippen LogP contribution in [0.25, 0.3) is 0 Å². The number of piperidine rings is 1. The second kappa shape index (κ2) is 37.7. The third kappa shape index (κ3) is 23.1. The predicted octanol–water partition coefficient (Wildman–Crippen LogP) is 4.36. The van der Waals surface area contributed by atoms with Crippen molar-refractivity contribution in [2.24, 2.45) is 41.4 Å². The third-order valence-electron chi connectivity index (χ3n) is 19.1. The Bertz CT molecular complexity index is 3060. The minimum Gasteiger partial charge on any atom is -0.391 e. The van der Waals surface area contributed by atoms with E-state index in [1.165, 1.54) is 56.6 Å². The molecule has 536 valence electrons. The summed E-state index contributed by atoms with van der Waals surface area (Å²) in [6.45, 7) is 19.1. The van der Waals surface area contributed by atoms with Gasteiger partial charge in [-0.1, -0.05) is 129 Å². The zero-order chi connectivity index (χ0) is 72.1. The number of benzene rings is 2. The number of rotatable bonds is 13. The number of hydrogen-bond acceptors (Lipinski definition) is 14. The number of nitrogens with one attached hydrogen (secondary N) is 5. The van der Waals surface area contributed by atoms with Gasteiger partial charge in [0.25, 0.3) is 0 Å². The van der Waals surface area contributed by atoms with E-state index < -0.39 is 180 Å². The zero-order valence-electron chi connectivity index (χ0n) is 59.7. The highest BCUT2D eigenvalue weighted by molar-refractivity contribution is 6.00. The van der Waals surface area contributed by atoms with Gasteiger partial charge in [0.05, 0.1) is 18.7 Å². The summed E-state index contributed by atoms with van der Waals surface area (Å²) in [6, 6.07) is 7.49. The molecule has 3 aliphatic heterocycles. The number of carbonyl (C=O) groups excluding carboxylic acids is 13. The van der Waals surface area contributed by atoms with Gasteiger partial charge in [-0.2, -0.15) is 0 Å². The molecule has 0 bridgehead atoms. The van der Waals surface area contributed by atoms with Gasteiger partial charge in [0.2, 0.25) is 59.1 Å². The minimum absolute atomic E-state index is 0.0801. The largest absolute Gasteiger partial charge is 0.391 e. The Kier molecular flexibility index (Phi) is 31.0. The summed E-state index contributed by atoms with van der Waals surface area (Å²) < 4.78 is 0. The lowest BCUT2D eigenvalue weighted by Gasteiger charge is -2.35. The Balaban J connectivity index is 1.57. The van der Waals surface area contributed by atoms with Gasteiger partial charge in [-0.05, 0) is 100 Å². The molecule has 0 spiro atoms. The third-order valence-corrected chi connectivity index (χ3v) is 19.1. The topological polar surface area (TPSA) is 318 Å². The SMILES string of the molecule is CC[C@H](C)[C@H]1C(=O)N[C@H](C(=O)N2CCCCC2)CC(=O)C[C@@H](C)C(=O)N[C@@H]([C@@H](C)O)C(=O)N(C)[C@@H](Cc2ccccc2)C(=O)N[C@@H](CC(C)C)C(=O)N2CCC[C@H]2C(=O)N[C@@H](C(C)C)C(=O)C[C@@H](Cc2ccccc2)C(=O)N(C)CC(=O)C[C@@H](CC(C)C)C(=O)N[C@@H](C)C(=O)N1C. The van der Waals surface area contributed by atoms with Crippen molar-refractivity contribution in [3.8, 4) is 0 Å². The Labute approximate surface area is 573 Å². The first-order valence-electron chi connectivity index (χ1n) is 35.0. The van der Waals surface area contributed by atoms with E-state index in [9.17, 15) is 67.4 Å². The number of ketones is 3. The van der Waals surface area contributed by atoms with Crippen LogP contribution in [0.2, 0.25) is 0 Å². The number of carbonyl (C=O) groups is 13. The maximum absolute atomic E-state index is 15.0. The van der Waals surface area contributed by atoms with Gasteiger partial charge in [0.1, 0.15) is 48.1 Å². The van der Waals surface area contributed by atoms with Crippen molar-refractivity contribution in [3.05, 3.63) is 71.8 Å². The monoisotopic (exact) mass is 1350 g/mol. The van der Waals surface area contributed by atoms with Crippen LogP contribution in [-0.2, 0) is 75.2 Å². The molecule has 0 aliphatic carbocycles. The summed E-state index contributed by atoms with van der Waals surface area (Å²) >= 11 is 0. The molecular formula is C73H110N10O14. The van der Waals surface area contributed by atoms with E-state index in [1.807, 2.05) is 52.8 Å². The van der Waals surface area contributed by atoms with E-state index in [4.69, 9.17) is 0 Å². The molecule has 97 heavy (non-hydrogen) atoms. The van der Waals surface area contributed by atoms with Crippen molar-refractivity contribution in [1.82, 2.24) is 51.1 Å². The fraction of sp³-hybridized carbons (Fsp3) is 0.658. The lowest BCUT2D eigenvalue weighted by Crippen LogP contribution is -2.61. The molecule has 0 unspecified atom stereocenters. The first kappa shape index (κ1) is 79.8. The van der Waals surface area contributed by atoms with Crippen molar-refractivity contribution < 1.29 is 67.4 Å². The lowest BCUT2D eigenvalue weighted by molar-refractivity contribution is -0.146. The lowest BCUT2D eigenvalue weighted by atomic mass is 9.87. The van der Waals surface area contributed by atoms with E-state index >= 15 is 0 Å². The fourth-order valence-corrected chi connectivity index (χ4v) is 13.4. The molecule has 3 saturated heterocycles. The number of amides is 10. The molecule has 6 N–H and O–H groups in total. The average Bonchev–Trinajstić information content (AvgIpc) is 1.81. The van der Waals surface area contributed by atoms with Gasteiger partial charge >= 0.3 is 0 Å². The van der Waals surface area contributed by atoms with Crippen molar-refractivity contribution in [3.63, 3.8) is 0 Å². The molecule has 2 aromatic carbocycles. The summed E-state index contributed by atoms with van der Waals surface area (Å²) in [7, 11) is 4.19. The molecule has 24 heteroatoms. The van der Waals surface area contributed by atoms with E-state index in [2.05, 4.69) is 26.6 Å². The highest BCUT2D eigenvalue weighted by Gasteiger charge is 2.44. The Hall–Kier alpha value is -7.89. The average molecular weight is 1350 g/mol. The van der Waals surface area contributed by atoms with E-state index in [1.54, 1.807) is 68.1 Å². The van der Waals surface area contributed by atoms with Crippen LogP contribution in [0, 0.1) is 41.4 Å². The van der Waals surface area contributed by atoms with Gasteiger partial charge in [0, 0.05) is 90.6 Å². The van der Waals surface area contributed by atoms with Crippen LogP contribution in [0.1, 0.15) is 164 Å². The number of aliphatic hydroxyl groups excluding tert-OH is 1. The second-order valence-electron chi connectivity index (χ2n) is 28.6. The van der Waals surface area contributed by atoms with Crippen molar-refractivity contribution in [2.75, 3.05) is 47.3 Å². The quantitative estimate of drug-likeness (QED) is 0.162. The highest BCUT2D eigenvalue weighted by atomic mass is 16.3. The molecular weight excluding hydrogens is 1240 g/mol. The van der Waals surface area contributed by atoms with E-state index in [-0.39, 0.29) is 63.3 Å². The molecule has 24 nitrogen and oxygen atoms in total. The number of fused-ring (bicyclic) bond motifs is 1. The maximum atomic E-state index is 15.0. The molecule has 3 heterocycles. The summed E-state index contributed by atoms with van der Waals surface area (Å²) in [4.78, 5) is 196. The standard InChI is InChI=1S/C73H110N10O14/c1-15-46(8)63-68(92)76-57(71(95)82-31-23-18-24-32-82)41-54(85)36-47(9)64(88)78-62(49(11)84)73(97)80(13)59(38-51-28-21-17-22-29-51)67(91)75-56(35-44(4)5)72(96)83-33-25-30-58(83)66(90)77-61(45(6)7)60(87)40-53(37-50-26-19-16-20-27-50)70(94)79(12)42-55(86)39-52(34-43(2)3)65(89)74-48(10)69(93)81(63)14/h16-17,19-22,26-29,43-49,52-53,56-59,61-63,84H,15,18,23-25,30-42H2,1-14H3,(H,74,89)(H,75,91)(H,76,92)(H,77,90)(H,78,88)/t46-,47+,48-,49+,52+,53+,56-,57-,58-,59-,61-,62-,63-/m0/s1. The van der Waals surface area contributed by atoms with Crippen LogP contribution in [0.5, 0.6) is 0 Å². The molecule has 10 amide bonds. The smallest absolute Gasteiger partial charge is 0.248 e. The second-order valence-corrected chi connectivity index (χ2v) is 28.6. The fourth-order valence-electron chi connectivity index (χ4n) is 13.4. The Morgan fingerprint density at radius 3 is 1.70 bits per heavy atom. The number of hydrogen-bond donors (Lipinski definition) is 6. The molecule has 5 rings (SSSR count). The van der Waals surface area contributed by atoms with Crippen molar-refractivity contribution >= 4 is 76.4 Å². The van der Waals surface area contributed by atoms with Gasteiger partial charge in [0.15, 0.2) is 11.6 Å². The number of likely N-dealkylation sites (N-methyl/N-ethyl adjacent to an activating group) is 3. The van der Waals surface area contributed by atoms with Crippen molar-refractivity contribution in [2.45, 2.75) is 220 Å². The van der Waals surface area contributed by atoms with Crippen LogP contribution in [-0.4, -0.2) is 208 Å². The Morgan fingerprint density at radius 1 is 0.546 bits per heavy atom. The van der Waals surface area contributed by atoms with Gasteiger partial charge in [-0.25, -0.2) is 0 Å². The molecule has 3 aliphatic rings. The molecule has 13 atom stereocenters. The first-order chi connectivity index (χ1) is 45.7. The van der Waals surface area contributed by atoms with Crippen LogP contribution >= 0.6 is 0 Å². The maximum Gasteiger partial charge on any atom is 0.248 e. The summed E-state index contributed by atoms with van der Waals surface area (Å²) in [5.74, 6) is -12.7. The summed E-state index contributed by atoms with van der Waals surface area (Å²) in [5.41, 5.74) is 1.36. The Morgan fingerprint density at radius 2 is 1.13 bits per heavy atom. The highest BCUT2D eigenvalue weighted by Crippen LogP contribution is 2.26. The first-order valence-corrected chi connectivity index (χ1v) is 35.0. The number of aliphatic hydroxyl groups is 1. The van der Waals surface area contributed by atoms with Crippen LogP contribution in [0.3, 0.4) is 0 Å². The van der Waals surface area contributed by atoms with E-state index in [0.29, 0.717) is 44.3 Å². The molecule has 0 radical (unpaired) electrons. The predicted molar refractivity (Wildman–Crippen MR) is 366 cm³/mol.